The molecule has 1 unspecified atom stereocenters. The molecule has 0 heterocycles. The van der Waals surface area contributed by atoms with Crippen LogP contribution in [-0.2, 0) is 4.74 Å². The monoisotopic (exact) mass is 229 g/mol. The Bertz CT molecular complexity index is 151. The van der Waals surface area contributed by atoms with E-state index in [1.165, 1.54) is 32.1 Å². The Morgan fingerprint density at radius 2 is 1.81 bits per heavy atom. The van der Waals surface area contributed by atoms with Gasteiger partial charge in [-0.25, -0.2) is 0 Å². The van der Waals surface area contributed by atoms with Crippen molar-refractivity contribution in [3.8, 4) is 0 Å². The van der Waals surface area contributed by atoms with Crippen LogP contribution in [0.15, 0.2) is 0 Å². The molecule has 0 aromatic carbocycles. The second-order valence-corrected chi connectivity index (χ2v) is 5.71. The summed E-state index contributed by atoms with van der Waals surface area (Å²) in [6, 6.07) is 0. The summed E-state index contributed by atoms with van der Waals surface area (Å²) in [7, 11) is 0. The fourth-order valence-electron chi connectivity index (χ4n) is 1.63. The van der Waals surface area contributed by atoms with Gasteiger partial charge < -0.3 is 10.1 Å². The normalized spacial score (nSPS) is 14.1. The molecule has 0 radical (unpaired) electrons. The fraction of sp³-hybridized carbons (Fsp3) is 1.00. The first-order valence-corrected chi connectivity index (χ1v) is 6.82. The Morgan fingerprint density at radius 3 is 2.38 bits per heavy atom. The molecule has 0 rings (SSSR count). The maximum Gasteiger partial charge on any atom is 0.0594 e. The van der Waals surface area contributed by atoms with E-state index in [1.54, 1.807) is 0 Å². The Labute approximate surface area is 102 Å². The molecule has 0 spiro atoms. The van der Waals surface area contributed by atoms with E-state index in [0.717, 1.165) is 13.2 Å². The summed E-state index contributed by atoms with van der Waals surface area (Å²) in [5.74, 6) is 0. The van der Waals surface area contributed by atoms with E-state index in [4.69, 9.17) is 4.74 Å². The molecule has 1 N–H and O–H groups in total. The van der Waals surface area contributed by atoms with Gasteiger partial charge in [-0.3, -0.25) is 0 Å². The Balaban J connectivity index is 3.27. The predicted octanol–water partition coefficient (Wildman–Crippen LogP) is 3.75. The quantitative estimate of drug-likeness (QED) is 0.608. The number of hydrogen-bond acceptors (Lipinski definition) is 2. The predicted molar refractivity (Wildman–Crippen MR) is 71.9 cm³/mol. The van der Waals surface area contributed by atoms with Gasteiger partial charge in [0.1, 0.15) is 0 Å². The summed E-state index contributed by atoms with van der Waals surface area (Å²) < 4.78 is 5.76. The lowest BCUT2D eigenvalue weighted by atomic mass is 10.1. The minimum absolute atomic E-state index is 0.202. The van der Waals surface area contributed by atoms with Crippen molar-refractivity contribution in [2.45, 2.75) is 78.4 Å². The molecule has 2 nitrogen and oxygen atoms in total. The minimum atomic E-state index is 0.202. The summed E-state index contributed by atoms with van der Waals surface area (Å²) in [6.45, 7) is 12.7. The molecule has 0 amide bonds. The average molecular weight is 229 g/mol. The lowest BCUT2D eigenvalue weighted by Crippen LogP contribution is -2.38. The van der Waals surface area contributed by atoms with Gasteiger partial charge in [-0.15, -0.1) is 0 Å². The van der Waals surface area contributed by atoms with Crippen molar-refractivity contribution in [3.05, 3.63) is 0 Å². The molecule has 0 fully saturated rings. The largest absolute Gasteiger partial charge is 0.377 e. The molecular formula is C14H31NO. The molecule has 1 atom stereocenters. The molecule has 0 bridgehead atoms. The van der Waals surface area contributed by atoms with Crippen LogP contribution in [0.5, 0.6) is 0 Å². The molecule has 0 aromatic rings. The highest BCUT2D eigenvalue weighted by Gasteiger charge is 2.08. The molecule has 98 valence electrons. The zero-order valence-corrected chi connectivity index (χ0v) is 11.9. The van der Waals surface area contributed by atoms with E-state index in [1.807, 2.05) is 0 Å². The third kappa shape index (κ3) is 12.0. The van der Waals surface area contributed by atoms with Gasteiger partial charge >= 0.3 is 0 Å². The minimum Gasteiger partial charge on any atom is -0.377 e. The van der Waals surface area contributed by atoms with Crippen molar-refractivity contribution in [2.24, 2.45) is 0 Å². The number of nitrogens with one attached hydrogen (secondary N) is 1. The van der Waals surface area contributed by atoms with Gasteiger partial charge in [-0.2, -0.15) is 0 Å². The van der Waals surface area contributed by atoms with E-state index in [9.17, 15) is 0 Å². The molecule has 0 aliphatic carbocycles. The first-order chi connectivity index (χ1) is 7.45. The zero-order chi connectivity index (χ0) is 12.4. The second kappa shape index (κ2) is 9.00. The first-order valence-electron chi connectivity index (χ1n) is 6.82. The highest BCUT2D eigenvalue weighted by molar-refractivity contribution is 4.69. The van der Waals surface area contributed by atoms with Crippen molar-refractivity contribution in [1.29, 1.82) is 0 Å². The maximum atomic E-state index is 5.76. The third-order valence-electron chi connectivity index (χ3n) is 2.62. The van der Waals surface area contributed by atoms with Crippen LogP contribution in [0, 0.1) is 0 Å². The Kier molecular flexibility index (Phi) is 8.96. The van der Waals surface area contributed by atoms with Crippen LogP contribution in [0.2, 0.25) is 0 Å². The van der Waals surface area contributed by atoms with Gasteiger partial charge in [-0.1, -0.05) is 32.6 Å². The van der Waals surface area contributed by atoms with Crippen LogP contribution in [0.1, 0.15) is 66.7 Å². The smallest absolute Gasteiger partial charge is 0.0594 e. The standard InChI is InChI=1S/C14H31NO/c1-6-7-8-9-10-13(2)16-12-11-15-14(3,4)5/h13,15H,6-12H2,1-5H3. The summed E-state index contributed by atoms with van der Waals surface area (Å²) in [6.07, 6.45) is 6.95. The van der Waals surface area contributed by atoms with Gasteiger partial charge in [0.15, 0.2) is 0 Å². The van der Waals surface area contributed by atoms with Crippen LogP contribution < -0.4 is 5.32 Å². The molecule has 2 heteroatoms. The summed E-state index contributed by atoms with van der Waals surface area (Å²) in [5.41, 5.74) is 0.202. The van der Waals surface area contributed by atoms with Crippen LogP contribution in [0.25, 0.3) is 0 Å². The lowest BCUT2D eigenvalue weighted by Gasteiger charge is -2.21. The van der Waals surface area contributed by atoms with E-state index in [0.29, 0.717) is 6.10 Å². The third-order valence-corrected chi connectivity index (χ3v) is 2.62. The van der Waals surface area contributed by atoms with Crippen molar-refractivity contribution in [2.75, 3.05) is 13.2 Å². The molecule has 0 saturated carbocycles. The Hall–Kier alpha value is -0.0800. The Morgan fingerprint density at radius 1 is 1.12 bits per heavy atom. The average Bonchev–Trinajstić information content (AvgIpc) is 2.18. The van der Waals surface area contributed by atoms with E-state index >= 15 is 0 Å². The molecule has 16 heavy (non-hydrogen) atoms. The van der Waals surface area contributed by atoms with Crippen LogP contribution in [0.3, 0.4) is 0 Å². The highest BCUT2D eigenvalue weighted by Crippen LogP contribution is 2.07. The lowest BCUT2D eigenvalue weighted by molar-refractivity contribution is 0.0577. The van der Waals surface area contributed by atoms with Gasteiger partial charge in [0, 0.05) is 12.1 Å². The summed E-state index contributed by atoms with van der Waals surface area (Å²) >= 11 is 0. The SMILES string of the molecule is CCCCCCC(C)OCCNC(C)(C)C. The molecule has 0 aliphatic rings. The van der Waals surface area contributed by atoms with E-state index in [2.05, 4.69) is 39.9 Å². The van der Waals surface area contributed by atoms with E-state index < -0.39 is 0 Å². The van der Waals surface area contributed by atoms with Gasteiger partial charge in [0.05, 0.1) is 12.7 Å². The van der Waals surface area contributed by atoms with Gasteiger partial charge in [0.25, 0.3) is 0 Å². The highest BCUT2D eigenvalue weighted by atomic mass is 16.5. The van der Waals surface area contributed by atoms with Crippen LogP contribution in [0.4, 0.5) is 0 Å². The van der Waals surface area contributed by atoms with Crippen molar-refractivity contribution in [3.63, 3.8) is 0 Å². The maximum absolute atomic E-state index is 5.76. The molecule has 0 aliphatic heterocycles. The second-order valence-electron chi connectivity index (χ2n) is 5.71. The number of unbranched alkanes of at least 4 members (excludes halogenated alkanes) is 3. The zero-order valence-electron chi connectivity index (χ0n) is 11.9. The molecule has 0 saturated heterocycles. The van der Waals surface area contributed by atoms with Crippen molar-refractivity contribution < 1.29 is 4.74 Å². The van der Waals surface area contributed by atoms with Crippen LogP contribution in [-0.4, -0.2) is 24.8 Å². The summed E-state index contributed by atoms with van der Waals surface area (Å²) in [4.78, 5) is 0. The van der Waals surface area contributed by atoms with Crippen molar-refractivity contribution in [1.82, 2.24) is 5.32 Å². The number of hydrogen-bond donors (Lipinski definition) is 1. The van der Waals surface area contributed by atoms with Gasteiger partial charge in [-0.05, 0) is 34.1 Å². The van der Waals surface area contributed by atoms with Gasteiger partial charge in [0.2, 0.25) is 0 Å². The van der Waals surface area contributed by atoms with Crippen molar-refractivity contribution >= 4 is 0 Å². The molecular weight excluding hydrogens is 198 g/mol. The number of ether oxygens (including phenoxy) is 1. The molecule has 0 aromatic heterocycles. The van der Waals surface area contributed by atoms with Crippen LogP contribution >= 0.6 is 0 Å². The first kappa shape index (κ1) is 15.9. The number of rotatable bonds is 9. The summed E-state index contributed by atoms with van der Waals surface area (Å²) in [5, 5.41) is 3.43. The van der Waals surface area contributed by atoms with E-state index in [-0.39, 0.29) is 5.54 Å². The topological polar surface area (TPSA) is 21.3 Å². The fourth-order valence-corrected chi connectivity index (χ4v) is 1.63.